The number of benzene rings is 2. The number of phenols is 1. The summed E-state index contributed by atoms with van der Waals surface area (Å²) in [4.78, 5) is 39.6. The molecule has 0 amide bonds. The Morgan fingerprint density at radius 3 is 2.65 bits per heavy atom. The number of rotatable bonds is 7. The second-order valence-electron chi connectivity index (χ2n) is 11.2. The average molecular weight is 550 g/mol. The molecule has 2 bridgehead atoms. The lowest BCUT2D eigenvalue weighted by Crippen LogP contribution is -2.74. The molecule has 0 aromatic heterocycles. The van der Waals surface area contributed by atoms with Crippen molar-refractivity contribution in [2.24, 2.45) is 5.92 Å². The van der Waals surface area contributed by atoms with Crippen molar-refractivity contribution in [3.63, 3.8) is 0 Å². The number of likely N-dealkylation sites (tertiary alicyclic amines) is 1. The van der Waals surface area contributed by atoms with Crippen molar-refractivity contribution >= 4 is 17.9 Å². The van der Waals surface area contributed by atoms with Gasteiger partial charge in [-0.05, 0) is 44.1 Å². The van der Waals surface area contributed by atoms with Crippen LogP contribution < -0.4 is 4.74 Å². The highest BCUT2D eigenvalue weighted by molar-refractivity contribution is 5.83. The van der Waals surface area contributed by atoms with Gasteiger partial charge >= 0.3 is 17.9 Å². The van der Waals surface area contributed by atoms with E-state index < -0.39 is 47.0 Å². The van der Waals surface area contributed by atoms with E-state index >= 15 is 0 Å². The molecule has 4 aliphatic rings. The fraction of sp³-hybridized carbons (Fsp3) is 0.433. The number of piperidine rings is 1. The molecule has 10 heteroatoms. The summed E-state index contributed by atoms with van der Waals surface area (Å²) >= 11 is 0. The number of carboxylic acids is 1. The Morgan fingerprint density at radius 2 is 1.93 bits per heavy atom. The van der Waals surface area contributed by atoms with Crippen molar-refractivity contribution in [1.82, 2.24) is 4.90 Å². The molecule has 0 saturated carbocycles. The van der Waals surface area contributed by atoms with Gasteiger partial charge in [0.2, 0.25) is 6.10 Å². The summed E-state index contributed by atoms with van der Waals surface area (Å²) in [5.74, 6) is -3.31. The molecule has 10 nitrogen and oxygen atoms in total. The van der Waals surface area contributed by atoms with Gasteiger partial charge in [-0.25, -0.2) is 4.79 Å². The van der Waals surface area contributed by atoms with Gasteiger partial charge in [0.05, 0.1) is 23.4 Å². The monoisotopic (exact) mass is 549 g/mol. The maximum atomic E-state index is 13.2. The van der Waals surface area contributed by atoms with Gasteiger partial charge in [0.25, 0.3) is 0 Å². The minimum Gasteiger partial charge on any atom is -0.504 e. The summed E-state index contributed by atoms with van der Waals surface area (Å²) < 4.78 is 17.3. The largest absolute Gasteiger partial charge is 0.504 e. The maximum absolute atomic E-state index is 13.2. The predicted molar refractivity (Wildman–Crippen MR) is 139 cm³/mol. The Balaban J connectivity index is 1.22. The molecule has 0 radical (unpaired) electrons. The Kier molecular flexibility index (Phi) is 6.15. The van der Waals surface area contributed by atoms with Crippen molar-refractivity contribution < 1.29 is 43.9 Å². The van der Waals surface area contributed by atoms with E-state index in [1.165, 1.54) is 6.92 Å². The van der Waals surface area contributed by atoms with Crippen LogP contribution in [0.15, 0.2) is 54.3 Å². The standard InChI is InChI=1S/C30H31NO9/c1-16(14-22(33)39-24(27(34)35)17-6-4-3-5-7-17)28(36)38-20-10-11-30(37)21-15-18-8-9-19(32)25-23(18)29(30,26(20)40-25)12-13-31(21)2/h3-10,16,21,24,26,32,37H,11-15H2,1-2H3,(H,34,35)/t16-,21+,24-,26-,29-,30+/m0/s1. The van der Waals surface area contributed by atoms with Crippen LogP contribution in [-0.4, -0.2) is 69.5 Å². The SMILES string of the molecule is C[C@@H](CC(=O)O[C@H](C(=O)O)c1ccccc1)C(=O)OC1=CC[C@@]2(O)[C@H]3Cc4ccc(O)c5c4[C@@]2(CCN3C)[C@H]1O5. The molecule has 40 heavy (non-hydrogen) atoms. The second-order valence-corrected chi connectivity index (χ2v) is 11.2. The van der Waals surface area contributed by atoms with Crippen LogP contribution >= 0.6 is 0 Å². The number of hydrogen-bond donors (Lipinski definition) is 3. The summed E-state index contributed by atoms with van der Waals surface area (Å²) in [5.41, 5.74) is -0.00862. The molecular weight excluding hydrogens is 518 g/mol. The third-order valence-corrected chi connectivity index (χ3v) is 9.02. The Hall–Kier alpha value is -3.89. The van der Waals surface area contributed by atoms with Crippen LogP contribution in [0.5, 0.6) is 11.5 Å². The number of aliphatic carboxylic acids is 1. The minimum absolute atomic E-state index is 0.0320. The van der Waals surface area contributed by atoms with Crippen LogP contribution in [0.25, 0.3) is 0 Å². The number of ether oxygens (including phenoxy) is 3. The number of aliphatic hydroxyl groups is 1. The number of phenolic OH excluding ortho intramolecular Hbond substituents is 1. The lowest BCUT2D eigenvalue weighted by Gasteiger charge is -2.61. The fourth-order valence-corrected chi connectivity index (χ4v) is 7.06. The molecule has 2 heterocycles. The topological polar surface area (TPSA) is 143 Å². The van der Waals surface area contributed by atoms with E-state index in [0.29, 0.717) is 30.7 Å². The highest BCUT2D eigenvalue weighted by Gasteiger charge is 2.72. The molecule has 2 aliphatic carbocycles. The van der Waals surface area contributed by atoms with Gasteiger partial charge in [0, 0.05) is 23.6 Å². The Morgan fingerprint density at radius 1 is 1.18 bits per heavy atom. The van der Waals surface area contributed by atoms with E-state index in [1.54, 1.807) is 42.5 Å². The first-order chi connectivity index (χ1) is 19.1. The summed E-state index contributed by atoms with van der Waals surface area (Å²) in [6.45, 7) is 2.19. The van der Waals surface area contributed by atoms with Gasteiger partial charge in [0.15, 0.2) is 17.6 Å². The number of aromatic hydroxyl groups is 1. The molecule has 1 fully saturated rings. The van der Waals surface area contributed by atoms with Gasteiger partial charge in [0.1, 0.15) is 5.76 Å². The normalized spacial score (nSPS) is 29.3. The lowest BCUT2D eigenvalue weighted by molar-refractivity contribution is -0.172. The minimum atomic E-state index is -1.49. The molecule has 1 spiro atoms. The van der Waals surface area contributed by atoms with Crippen LogP contribution in [0.2, 0.25) is 0 Å². The molecule has 6 atom stereocenters. The summed E-state index contributed by atoms with van der Waals surface area (Å²) in [6.07, 6.45) is 0.330. The maximum Gasteiger partial charge on any atom is 0.349 e. The number of carboxylic acid groups (broad SMARTS) is 1. The number of esters is 2. The van der Waals surface area contributed by atoms with Crippen LogP contribution in [0, 0.1) is 5.92 Å². The first kappa shape index (κ1) is 26.3. The quantitative estimate of drug-likeness (QED) is 0.441. The van der Waals surface area contributed by atoms with Gasteiger partial charge < -0.3 is 34.4 Å². The smallest absolute Gasteiger partial charge is 0.349 e. The van der Waals surface area contributed by atoms with Crippen molar-refractivity contribution in [2.45, 2.75) is 61.9 Å². The molecule has 3 N–H and O–H groups in total. The van der Waals surface area contributed by atoms with Crippen LogP contribution in [-0.2, 0) is 35.7 Å². The molecule has 2 aromatic rings. The van der Waals surface area contributed by atoms with Crippen LogP contribution in [0.3, 0.4) is 0 Å². The van der Waals surface area contributed by atoms with E-state index in [0.717, 1.165) is 11.1 Å². The first-order valence-electron chi connectivity index (χ1n) is 13.4. The van der Waals surface area contributed by atoms with Crippen LogP contribution in [0.4, 0.5) is 0 Å². The third-order valence-electron chi connectivity index (χ3n) is 9.02. The lowest BCUT2D eigenvalue weighted by atomic mass is 9.50. The number of hydrogen-bond acceptors (Lipinski definition) is 9. The number of nitrogens with zero attached hydrogens (tertiary/aromatic N) is 1. The molecule has 2 aromatic carbocycles. The Bertz CT molecular complexity index is 1420. The van der Waals surface area contributed by atoms with Crippen molar-refractivity contribution in [2.75, 3.05) is 13.6 Å². The Labute approximate surface area is 230 Å². The number of carbonyl (C=O) groups excluding carboxylic acids is 2. The number of carbonyl (C=O) groups is 3. The zero-order valence-corrected chi connectivity index (χ0v) is 22.2. The molecule has 6 rings (SSSR count). The van der Waals surface area contributed by atoms with Gasteiger partial charge in [-0.3, -0.25) is 9.59 Å². The third kappa shape index (κ3) is 3.73. The van der Waals surface area contributed by atoms with Crippen molar-refractivity contribution in [1.29, 1.82) is 0 Å². The summed E-state index contributed by atoms with van der Waals surface area (Å²) in [5, 5.41) is 32.4. The van der Waals surface area contributed by atoms with Gasteiger partial charge in [-0.1, -0.05) is 43.3 Å². The van der Waals surface area contributed by atoms with E-state index in [2.05, 4.69) is 4.90 Å². The summed E-state index contributed by atoms with van der Waals surface area (Å²) in [7, 11) is 1.99. The van der Waals surface area contributed by atoms with E-state index in [1.807, 2.05) is 13.1 Å². The molecule has 2 aliphatic heterocycles. The van der Waals surface area contributed by atoms with Crippen LogP contribution in [0.1, 0.15) is 49.0 Å². The molecule has 1 saturated heterocycles. The number of likely N-dealkylation sites (N-methyl/N-ethyl adjacent to an activating group) is 1. The predicted octanol–water partition coefficient (Wildman–Crippen LogP) is 2.61. The van der Waals surface area contributed by atoms with Gasteiger partial charge in [-0.15, -0.1) is 0 Å². The average Bonchev–Trinajstić information content (AvgIpc) is 3.29. The van der Waals surface area contributed by atoms with Crippen molar-refractivity contribution in [3.05, 3.63) is 71.0 Å². The second kappa shape index (κ2) is 9.35. The zero-order valence-electron chi connectivity index (χ0n) is 22.2. The van der Waals surface area contributed by atoms with Crippen molar-refractivity contribution in [3.8, 4) is 11.5 Å². The molecule has 210 valence electrons. The first-order valence-corrected chi connectivity index (χ1v) is 13.4. The van der Waals surface area contributed by atoms with E-state index in [4.69, 9.17) is 14.2 Å². The van der Waals surface area contributed by atoms with E-state index in [-0.39, 0.29) is 30.4 Å². The summed E-state index contributed by atoms with van der Waals surface area (Å²) in [6, 6.07) is 11.4. The zero-order chi connectivity index (χ0) is 28.4. The highest BCUT2D eigenvalue weighted by Crippen LogP contribution is 2.65. The van der Waals surface area contributed by atoms with E-state index in [9.17, 15) is 29.7 Å². The molecular formula is C30H31NO9. The van der Waals surface area contributed by atoms with Gasteiger partial charge in [-0.2, -0.15) is 0 Å². The fourth-order valence-electron chi connectivity index (χ4n) is 7.06. The molecule has 0 unspecified atom stereocenters. The highest BCUT2D eigenvalue weighted by atomic mass is 16.6.